The molecule has 0 bridgehead atoms. The second kappa shape index (κ2) is 6.05. The summed E-state index contributed by atoms with van der Waals surface area (Å²) in [6.45, 7) is 3.91. The van der Waals surface area contributed by atoms with Crippen molar-refractivity contribution in [1.82, 2.24) is 14.8 Å². The molecule has 2 aromatic rings. The highest BCUT2D eigenvalue weighted by molar-refractivity contribution is 6.30. The quantitative estimate of drug-likeness (QED) is 0.813. The van der Waals surface area contributed by atoms with Crippen LogP contribution in [0.2, 0.25) is 5.02 Å². The fourth-order valence-corrected chi connectivity index (χ4v) is 2.18. The zero-order chi connectivity index (χ0) is 14.7. The van der Waals surface area contributed by atoms with Gasteiger partial charge in [0, 0.05) is 12.1 Å². The van der Waals surface area contributed by atoms with Gasteiger partial charge in [-0.05, 0) is 31.5 Å². The molecule has 0 saturated heterocycles. The Hall–Kier alpha value is -1.88. The minimum Gasteiger partial charge on any atom is -0.465 e. The molecule has 0 aliphatic rings. The molecule has 0 amide bonds. The van der Waals surface area contributed by atoms with Gasteiger partial charge in [-0.2, -0.15) is 0 Å². The summed E-state index contributed by atoms with van der Waals surface area (Å²) in [6, 6.07) is 7.13. The SMILES string of the molecule is CCOC(=O)C(c1cccc(Cl)c1)c1nnc(C)n1C. The van der Waals surface area contributed by atoms with Crippen molar-refractivity contribution in [1.29, 1.82) is 0 Å². The number of ether oxygens (including phenoxy) is 1. The second-order valence-corrected chi connectivity index (χ2v) is 4.84. The number of carbonyl (C=O) groups is 1. The molecular formula is C14H16ClN3O2. The van der Waals surface area contributed by atoms with E-state index in [1.165, 1.54) is 0 Å². The van der Waals surface area contributed by atoms with Crippen LogP contribution in [0.5, 0.6) is 0 Å². The molecular weight excluding hydrogens is 278 g/mol. The van der Waals surface area contributed by atoms with Crippen molar-refractivity contribution in [2.75, 3.05) is 6.61 Å². The fourth-order valence-electron chi connectivity index (χ4n) is 1.98. The Balaban J connectivity index is 2.50. The molecule has 0 aliphatic heterocycles. The number of hydrogen-bond donors (Lipinski definition) is 0. The van der Waals surface area contributed by atoms with Crippen LogP contribution in [-0.4, -0.2) is 27.3 Å². The third-order valence-corrected chi connectivity index (χ3v) is 3.32. The van der Waals surface area contributed by atoms with E-state index in [0.29, 0.717) is 17.5 Å². The van der Waals surface area contributed by atoms with Crippen LogP contribution in [0.1, 0.15) is 30.1 Å². The predicted molar refractivity (Wildman–Crippen MR) is 75.7 cm³/mol. The molecule has 6 heteroatoms. The van der Waals surface area contributed by atoms with Crippen molar-refractivity contribution < 1.29 is 9.53 Å². The molecule has 1 aromatic heterocycles. The lowest BCUT2D eigenvalue weighted by molar-refractivity contribution is -0.144. The van der Waals surface area contributed by atoms with E-state index < -0.39 is 5.92 Å². The number of carbonyl (C=O) groups excluding carboxylic acids is 1. The number of rotatable bonds is 4. The van der Waals surface area contributed by atoms with Crippen molar-refractivity contribution in [2.24, 2.45) is 7.05 Å². The predicted octanol–water partition coefficient (Wildman–Crippen LogP) is 2.47. The average Bonchev–Trinajstić information content (AvgIpc) is 2.72. The van der Waals surface area contributed by atoms with Crippen molar-refractivity contribution >= 4 is 17.6 Å². The number of halogens is 1. The molecule has 1 heterocycles. The molecule has 0 aliphatic carbocycles. The van der Waals surface area contributed by atoms with E-state index in [0.717, 1.165) is 11.4 Å². The van der Waals surface area contributed by atoms with Gasteiger partial charge in [-0.1, -0.05) is 23.7 Å². The lowest BCUT2D eigenvalue weighted by Crippen LogP contribution is -2.20. The normalized spacial score (nSPS) is 12.2. The van der Waals surface area contributed by atoms with Crippen LogP contribution >= 0.6 is 11.6 Å². The fraction of sp³-hybridized carbons (Fsp3) is 0.357. The molecule has 1 unspecified atom stereocenters. The van der Waals surface area contributed by atoms with Crippen LogP contribution in [0.15, 0.2) is 24.3 Å². The first-order chi connectivity index (χ1) is 9.54. The van der Waals surface area contributed by atoms with Crippen molar-refractivity contribution in [3.63, 3.8) is 0 Å². The van der Waals surface area contributed by atoms with Crippen LogP contribution in [-0.2, 0) is 16.6 Å². The van der Waals surface area contributed by atoms with E-state index in [1.807, 2.05) is 20.0 Å². The summed E-state index contributed by atoms with van der Waals surface area (Å²) in [5, 5.41) is 8.66. The Bertz CT molecular complexity index is 625. The van der Waals surface area contributed by atoms with Gasteiger partial charge in [0.1, 0.15) is 11.7 Å². The third-order valence-electron chi connectivity index (χ3n) is 3.09. The lowest BCUT2D eigenvalue weighted by atomic mass is 9.98. The summed E-state index contributed by atoms with van der Waals surface area (Å²) in [5.41, 5.74) is 0.742. The van der Waals surface area contributed by atoms with Crippen LogP contribution in [0.3, 0.4) is 0 Å². The van der Waals surface area contributed by atoms with Crippen molar-refractivity contribution in [3.8, 4) is 0 Å². The maximum absolute atomic E-state index is 12.3. The monoisotopic (exact) mass is 293 g/mol. The van der Waals surface area contributed by atoms with E-state index in [9.17, 15) is 4.79 Å². The summed E-state index contributed by atoms with van der Waals surface area (Å²) in [7, 11) is 1.82. The van der Waals surface area contributed by atoms with Gasteiger partial charge in [-0.3, -0.25) is 4.79 Å². The van der Waals surface area contributed by atoms with Gasteiger partial charge in [0.15, 0.2) is 5.82 Å². The largest absolute Gasteiger partial charge is 0.465 e. The van der Waals surface area contributed by atoms with E-state index in [4.69, 9.17) is 16.3 Å². The van der Waals surface area contributed by atoms with E-state index in [1.54, 1.807) is 29.7 Å². The third kappa shape index (κ3) is 2.82. The van der Waals surface area contributed by atoms with E-state index in [-0.39, 0.29) is 5.97 Å². The average molecular weight is 294 g/mol. The summed E-state index contributed by atoms with van der Waals surface area (Å²) in [6.07, 6.45) is 0. The second-order valence-electron chi connectivity index (χ2n) is 4.40. The minimum absolute atomic E-state index is 0.312. The molecule has 1 atom stereocenters. The zero-order valence-electron chi connectivity index (χ0n) is 11.6. The van der Waals surface area contributed by atoms with Gasteiger partial charge >= 0.3 is 5.97 Å². The number of benzene rings is 1. The number of aromatic nitrogens is 3. The standard InChI is InChI=1S/C14H16ClN3O2/c1-4-20-14(19)12(10-6-5-7-11(15)8-10)13-17-16-9(2)18(13)3/h5-8,12H,4H2,1-3H3. The summed E-state index contributed by atoms with van der Waals surface area (Å²) >= 11 is 6.01. The maximum Gasteiger partial charge on any atom is 0.321 e. The molecule has 1 aromatic carbocycles. The minimum atomic E-state index is -0.625. The number of aryl methyl sites for hydroxylation is 1. The Morgan fingerprint density at radius 1 is 1.45 bits per heavy atom. The molecule has 0 saturated carbocycles. The van der Waals surface area contributed by atoms with Gasteiger partial charge in [-0.25, -0.2) is 0 Å². The smallest absolute Gasteiger partial charge is 0.321 e. The van der Waals surface area contributed by atoms with Crippen LogP contribution in [0.25, 0.3) is 0 Å². The number of hydrogen-bond acceptors (Lipinski definition) is 4. The number of esters is 1. The first kappa shape index (κ1) is 14.5. The molecule has 106 valence electrons. The Morgan fingerprint density at radius 2 is 2.20 bits per heavy atom. The molecule has 0 spiro atoms. The lowest BCUT2D eigenvalue weighted by Gasteiger charge is -2.15. The van der Waals surface area contributed by atoms with Gasteiger partial charge in [-0.15, -0.1) is 10.2 Å². The Kier molecular flexibility index (Phi) is 4.39. The van der Waals surface area contributed by atoms with Crippen molar-refractivity contribution in [2.45, 2.75) is 19.8 Å². The first-order valence-electron chi connectivity index (χ1n) is 6.32. The van der Waals surface area contributed by atoms with Gasteiger partial charge in [0.05, 0.1) is 6.61 Å². The Labute approximate surface area is 122 Å². The summed E-state index contributed by atoms with van der Waals surface area (Å²) in [4.78, 5) is 12.3. The van der Waals surface area contributed by atoms with Gasteiger partial charge < -0.3 is 9.30 Å². The van der Waals surface area contributed by atoms with E-state index in [2.05, 4.69) is 10.2 Å². The highest BCUT2D eigenvalue weighted by atomic mass is 35.5. The topological polar surface area (TPSA) is 57.0 Å². The highest BCUT2D eigenvalue weighted by Crippen LogP contribution is 2.27. The maximum atomic E-state index is 12.3. The van der Waals surface area contributed by atoms with Gasteiger partial charge in [0.2, 0.25) is 0 Å². The molecule has 20 heavy (non-hydrogen) atoms. The summed E-state index contributed by atoms with van der Waals surface area (Å²) in [5.74, 6) is 0.296. The molecule has 5 nitrogen and oxygen atoms in total. The molecule has 0 radical (unpaired) electrons. The van der Waals surface area contributed by atoms with Crippen LogP contribution < -0.4 is 0 Å². The Morgan fingerprint density at radius 3 is 2.75 bits per heavy atom. The molecule has 2 rings (SSSR count). The molecule has 0 fully saturated rings. The highest BCUT2D eigenvalue weighted by Gasteiger charge is 2.29. The van der Waals surface area contributed by atoms with E-state index >= 15 is 0 Å². The molecule has 0 N–H and O–H groups in total. The first-order valence-corrected chi connectivity index (χ1v) is 6.70. The van der Waals surface area contributed by atoms with Crippen LogP contribution in [0.4, 0.5) is 0 Å². The zero-order valence-corrected chi connectivity index (χ0v) is 12.4. The summed E-state index contributed by atoms with van der Waals surface area (Å²) < 4.78 is 6.93. The number of nitrogens with zero attached hydrogens (tertiary/aromatic N) is 3. The van der Waals surface area contributed by atoms with Crippen molar-refractivity contribution in [3.05, 3.63) is 46.5 Å². The van der Waals surface area contributed by atoms with Crippen LogP contribution in [0, 0.1) is 6.92 Å². The van der Waals surface area contributed by atoms with Gasteiger partial charge in [0.25, 0.3) is 0 Å².